The fourth-order valence-corrected chi connectivity index (χ4v) is 2.41. The topological polar surface area (TPSA) is 67.4 Å². The molecule has 0 saturated heterocycles. The zero-order valence-corrected chi connectivity index (χ0v) is 14.0. The Labute approximate surface area is 143 Å². The smallest absolute Gasteiger partial charge is 0.416 e. The van der Waals surface area contributed by atoms with Crippen molar-refractivity contribution in [1.29, 1.82) is 0 Å². The van der Waals surface area contributed by atoms with E-state index in [0.717, 1.165) is 12.1 Å². The summed E-state index contributed by atoms with van der Waals surface area (Å²) in [6.07, 6.45) is -4.17. The highest BCUT2D eigenvalue weighted by molar-refractivity contribution is 5.95. The summed E-state index contributed by atoms with van der Waals surface area (Å²) in [4.78, 5) is 24.2. The van der Waals surface area contributed by atoms with Crippen LogP contribution in [0, 0.1) is 0 Å². The van der Waals surface area contributed by atoms with Gasteiger partial charge in [-0.15, -0.1) is 0 Å². The van der Waals surface area contributed by atoms with Crippen LogP contribution in [0.3, 0.4) is 0 Å². The van der Waals surface area contributed by atoms with Gasteiger partial charge in [0.15, 0.2) is 0 Å². The molecule has 2 N–H and O–H groups in total. The lowest BCUT2D eigenvalue weighted by atomic mass is 9.94. The summed E-state index contributed by atoms with van der Waals surface area (Å²) in [5, 5.41) is 5.04. The van der Waals surface area contributed by atoms with Crippen LogP contribution in [0.25, 0.3) is 0 Å². The standard InChI is InChI=1S/C17H19F3N2O3/c1-4-9(2)25-15(23)13-10(3)21-16(24)22-14(13)11-5-7-12(8-6-11)17(18,19)20/h5-9,14H,4H2,1-3H3,(H2,21,22,24)/t9-,14+/m0/s1. The van der Waals surface area contributed by atoms with Crippen molar-refractivity contribution in [2.45, 2.75) is 45.5 Å². The van der Waals surface area contributed by atoms with Crippen LogP contribution in [0.4, 0.5) is 18.0 Å². The zero-order valence-electron chi connectivity index (χ0n) is 14.0. The van der Waals surface area contributed by atoms with E-state index in [1.807, 2.05) is 6.92 Å². The average molecular weight is 356 g/mol. The maximum atomic E-state index is 12.7. The molecule has 1 aliphatic heterocycles. The highest BCUT2D eigenvalue weighted by Gasteiger charge is 2.34. The van der Waals surface area contributed by atoms with Gasteiger partial charge in [0, 0.05) is 5.70 Å². The van der Waals surface area contributed by atoms with E-state index >= 15 is 0 Å². The lowest BCUT2D eigenvalue weighted by molar-refractivity contribution is -0.144. The lowest BCUT2D eigenvalue weighted by Gasteiger charge is -2.29. The van der Waals surface area contributed by atoms with Crippen LogP contribution in [0.1, 0.15) is 44.4 Å². The third-order valence-corrected chi connectivity index (χ3v) is 3.94. The van der Waals surface area contributed by atoms with Crippen molar-refractivity contribution in [3.05, 3.63) is 46.7 Å². The molecule has 1 aromatic rings. The highest BCUT2D eigenvalue weighted by atomic mass is 19.4. The summed E-state index contributed by atoms with van der Waals surface area (Å²) in [6.45, 7) is 5.13. The minimum absolute atomic E-state index is 0.166. The number of allylic oxidation sites excluding steroid dienone is 1. The number of benzene rings is 1. The molecule has 0 spiro atoms. The Morgan fingerprint density at radius 3 is 2.40 bits per heavy atom. The summed E-state index contributed by atoms with van der Waals surface area (Å²) in [5.41, 5.74) is 0.0286. The van der Waals surface area contributed by atoms with Gasteiger partial charge in [0.05, 0.1) is 23.3 Å². The number of amides is 2. The number of urea groups is 1. The number of esters is 1. The number of hydrogen-bond acceptors (Lipinski definition) is 3. The minimum Gasteiger partial charge on any atom is -0.459 e. The van der Waals surface area contributed by atoms with E-state index in [9.17, 15) is 22.8 Å². The number of carbonyl (C=O) groups is 2. The summed E-state index contributed by atoms with van der Waals surface area (Å²) in [5.74, 6) is -0.621. The number of hydrogen-bond donors (Lipinski definition) is 2. The molecular weight excluding hydrogens is 337 g/mol. The molecule has 1 aromatic carbocycles. The monoisotopic (exact) mass is 356 g/mol. The van der Waals surface area contributed by atoms with Gasteiger partial charge < -0.3 is 15.4 Å². The van der Waals surface area contributed by atoms with E-state index in [1.165, 1.54) is 12.1 Å². The number of nitrogens with one attached hydrogen (secondary N) is 2. The highest BCUT2D eigenvalue weighted by Crippen LogP contribution is 2.32. The largest absolute Gasteiger partial charge is 0.459 e. The van der Waals surface area contributed by atoms with Gasteiger partial charge in [-0.1, -0.05) is 19.1 Å². The number of rotatable bonds is 4. The number of halogens is 3. The van der Waals surface area contributed by atoms with Crippen molar-refractivity contribution < 1.29 is 27.5 Å². The number of carbonyl (C=O) groups excluding carboxylic acids is 2. The molecule has 8 heteroatoms. The van der Waals surface area contributed by atoms with Gasteiger partial charge in [0.25, 0.3) is 0 Å². The van der Waals surface area contributed by atoms with Gasteiger partial charge in [-0.2, -0.15) is 13.2 Å². The van der Waals surface area contributed by atoms with Gasteiger partial charge >= 0.3 is 18.2 Å². The summed E-state index contributed by atoms with van der Waals surface area (Å²) >= 11 is 0. The predicted molar refractivity (Wildman–Crippen MR) is 84.4 cm³/mol. The van der Waals surface area contributed by atoms with Crippen molar-refractivity contribution in [2.24, 2.45) is 0 Å². The van der Waals surface area contributed by atoms with E-state index in [0.29, 0.717) is 17.7 Å². The maximum absolute atomic E-state index is 12.7. The summed E-state index contributed by atoms with van der Waals surface area (Å²) in [7, 11) is 0. The molecule has 1 heterocycles. The second-order valence-corrected chi connectivity index (χ2v) is 5.81. The second kappa shape index (κ2) is 7.16. The zero-order chi connectivity index (χ0) is 18.8. The van der Waals surface area contributed by atoms with Crippen molar-refractivity contribution >= 4 is 12.0 Å². The van der Waals surface area contributed by atoms with Crippen molar-refractivity contribution in [3.63, 3.8) is 0 Å². The van der Waals surface area contributed by atoms with Crippen LogP contribution in [0.2, 0.25) is 0 Å². The summed E-state index contributed by atoms with van der Waals surface area (Å²) < 4.78 is 43.4. The van der Waals surface area contributed by atoms with Gasteiger partial charge in [-0.25, -0.2) is 9.59 Å². The molecule has 0 unspecified atom stereocenters. The van der Waals surface area contributed by atoms with Crippen molar-refractivity contribution in [2.75, 3.05) is 0 Å². The van der Waals surface area contributed by atoms with Gasteiger partial charge in [0.2, 0.25) is 0 Å². The van der Waals surface area contributed by atoms with Crippen molar-refractivity contribution in [1.82, 2.24) is 10.6 Å². The molecule has 2 rings (SSSR count). The molecular formula is C17H19F3N2O3. The molecule has 0 fully saturated rings. The molecule has 0 radical (unpaired) electrons. The molecule has 2 amide bonds. The molecule has 0 aliphatic carbocycles. The molecule has 1 aliphatic rings. The number of alkyl halides is 3. The lowest BCUT2D eigenvalue weighted by Crippen LogP contribution is -2.45. The summed E-state index contributed by atoms with van der Waals surface area (Å²) in [6, 6.07) is 2.88. The van der Waals surface area contributed by atoms with E-state index in [4.69, 9.17) is 4.74 Å². The fraction of sp³-hybridized carbons (Fsp3) is 0.412. The Balaban J connectivity index is 2.37. The molecule has 0 aromatic heterocycles. The van der Waals surface area contributed by atoms with Gasteiger partial charge in [-0.3, -0.25) is 0 Å². The first-order chi connectivity index (χ1) is 11.6. The average Bonchev–Trinajstić information content (AvgIpc) is 2.53. The Morgan fingerprint density at radius 1 is 1.28 bits per heavy atom. The second-order valence-electron chi connectivity index (χ2n) is 5.81. The minimum atomic E-state index is -4.46. The Kier molecular flexibility index (Phi) is 5.39. The number of ether oxygens (including phenoxy) is 1. The molecule has 25 heavy (non-hydrogen) atoms. The Morgan fingerprint density at radius 2 is 1.88 bits per heavy atom. The van der Waals surface area contributed by atoms with E-state index in [-0.39, 0.29) is 11.7 Å². The first-order valence-electron chi connectivity index (χ1n) is 7.80. The van der Waals surface area contributed by atoms with Crippen LogP contribution < -0.4 is 10.6 Å². The van der Waals surface area contributed by atoms with Gasteiger partial charge in [0.1, 0.15) is 0 Å². The predicted octanol–water partition coefficient (Wildman–Crippen LogP) is 3.68. The normalized spacial score (nSPS) is 19.1. The maximum Gasteiger partial charge on any atom is 0.416 e. The Hall–Kier alpha value is -2.51. The quantitative estimate of drug-likeness (QED) is 0.809. The molecule has 5 nitrogen and oxygen atoms in total. The molecule has 2 atom stereocenters. The third-order valence-electron chi connectivity index (χ3n) is 3.94. The Bertz CT molecular complexity index is 696. The first-order valence-corrected chi connectivity index (χ1v) is 7.80. The fourth-order valence-electron chi connectivity index (χ4n) is 2.41. The molecule has 136 valence electrons. The van der Waals surface area contributed by atoms with Gasteiger partial charge in [-0.05, 0) is 38.0 Å². The van der Waals surface area contributed by atoms with Crippen LogP contribution in [-0.4, -0.2) is 18.1 Å². The molecule has 0 bridgehead atoms. The molecule has 0 saturated carbocycles. The van der Waals surface area contributed by atoms with Crippen LogP contribution >= 0.6 is 0 Å². The third kappa shape index (κ3) is 4.32. The van der Waals surface area contributed by atoms with E-state index in [2.05, 4.69) is 10.6 Å². The van der Waals surface area contributed by atoms with E-state index in [1.54, 1.807) is 13.8 Å². The van der Waals surface area contributed by atoms with Crippen LogP contribution in [0.15, 0.2) is 35.5 Å². The van der Waals surface area contributed by atoms with Crippen LogP contribution in [-0.2, 0) is 15.7 Å². The SMILES string of the molecule is CC[C@H](C)OC(=O)C1=C(C)NC(=O)N[C@@H]1c1ccc(C(F)(F)F)cc1. The first kappa shape index (κ1) is 18.8. The van der Waals surface area contributed by atoms with E-state index < -0.39 is 29.8 Å². The van der Waals surface area contributed by atoms with Crippen LogP contribution in [0.5, 0.6) is 0 Å². The van der Waals surface area contributed by atoms with Crippen molar-refractivity contribution in [3.8, 4) is 0 Å².